The van der Waals surface area contributed by atoms with Crippen molar-refractivity contribution in [3.05, 3.63) is 12.2 Å². The molecule has 0 aliphatic rings. The standard InChI is InChI=1S/C22H48O4Si3/c1-10-11-16-27(4,5)19-29(8,9)26-28(6,7)17-12-15-25-18-21(23)13-14-22(24)20(2)3/h21,23H,2,10-19H2,1,3-9H3. The van der Waals surface area contributed by atoms with E-state index in [-0.39, 0.29) is 5.78 Å². The monoisotopic (exact) mass is 460 g/mol. The number of aliphatic hydroxyl groups is 1. The maximum absolute atomic E-state index is 11.5. The topological polar surface area (TPSA) is 55.8 Å². The Morgan fingerprint density at radius 2 is 1.66 bits per heavy atom. The quantitative estimate of drug-likeness (QED) is 0.160. The van der Waals surface area contributed by atoms with Gasteiger partial charge in [0.2, 0.25) is 0 Å². The van der Waals surface area contributed by atoms with Crippen molar-refractivity contribution in [1.82, 2.24) is 0 Å². The summed E-state index contributed by atoms with van der Waals surface area (Å²) in [6, 6.07) is 2.50. The third kappa shape index (κ3) is 15.4. The summed E-state index contributed by atoms with van der Waals surface area (Å²) in [5.41, 5.74) is 1.90. The average molecular weight is 461 g/mol. The van der Waals surface area contributed by atoms with Crippen molar-refractivity contribution in [2.45, 2.75) is 109 Å². The Balaban J connectivity index is 4.19. The molecule has 0 saturated heterocycles. The van der Waals surface area contributed by atoms with E-state index in [9.17, 15) is 9.90 Å². The highest BCUT2D eigenvalue weighted by Gasteiger charge is 2.37. The van der Waals surface area contributed by atoms with E-state index < -0.39 is 30.8 Å². The second kappa shape index (κ2) is 13.4. The van der Waals surface area contributed by atoms with Crippen molar-refractivity contribution >= 4 is 30.5 Å². The molecule has 0 spiro atoms. The molecular formula is C22H48O4Si3. The first-order valence-electron chi connectivity index (χ1n) is 11.3. The van der Waals surface area contributed by atoms with Gasteiger partial charge < -0.3 is 14.0 Å². The molecule has 172 valence electrons. The second-order valence-corrected chi connectivity index (χ2v) is 25.2. The minimum absolute atomic E-state index is 0.0154. The number of hydrogen-bond acceptors (Lipinski definition) is 4. The molecule has 4 nitrogen and oxygen atoms in total. The number of ether oxygens (including phenoxy) is 1. The molecule has 1 unspecified atom stereocenters. The Labute approximate surface area is 183 Å². The van der Waals surface area contributed by atoms with Gasteiger partial charge in [-0.3, -0.25) is 4.79 Å². The molecule has 7 heteroatoms. The highest BCUT2D eigenvalue weighted by atomic mass is 28.4. The highest BCUT2D eigenvalue weighted by molar-refractivity contribution is 6.96. The zero-order valence-corrected chi connectivity index (χ0v) is 23.5. The molecule has 0 aromatic heterocycles. The minimum Gasteiger partial charge on any atom is -0.456 e. The van der Waals surface area contributed by atoms with Crippen LogP contribution in [0, 0.1) is 0 Å². The number of rotatable bonds is 17. The van der Waals surface area contributed by atoms with E-state index in [0.29, 0.717) is 31.6 Å². The number of hydrogen-bond donors (Lipinski definition) is 1. The first kappa shape index (κ1) is 28.9. The number of ketones is 1. The lowest BCUT2D eigenvalue weighted by molar-refractivity contribution is -0.116. The van der Waals surface area contributed by atoms with Gasteiger partial charge in [-0.05, 0) is 63.2 Å². The Kier molecular flexibility index (Phi) is 13.3. The summed E-state index contributed by atoms with van der Waals surface area (Å²) in [5, 5.41) is 9.95. The lowest BCUT2D eigenvalue weighted by Gasteiger charge is -2.38. The lowest BCUT2D eigenvalue weighted by atomic mass is 10.1. The van der Waals surface area contributed by atoms with Gasteiger partial charge in [-0.25, -0.2) is 0 Å². The molecule has 0 heterocycles. The van der Waals surface area contributed by atoms with Gasteiger partial charge in [-0.1, -0.05) is 45.5 Å². The molecule has 0 bridgehead atoms. The van der Waals surface area contributed by atoms with E-state index in [1.165, 1.54) is 24.6 Å². The minimum atomic E-state index is -1.70. The van der Waals surface area contributed by atoms with Gasteiger partial charge in [-0.2, -0.15) is 0 Å². The van der Waals surface area contributed by atoms with Crippen LogP contribution in [0.25, 0.3) is 0 Å². The summed E-state index contributed by atoms with van der Waals surface area (Å²) in [5.74, 6) is 0.0154. The van der Waals surface area contributed by atoms with E-state index >= 15 is 0 Å². The summed E-state index contributed by atoms with van der Waals surface area (Å²) in [6.45, 7) is 23.1. The molecule has 0 aliphatic carbocycles. The predicted octanol–water partition coefficient (Wildman–Crippen LogP) is 6.15. The zero-order valence-electron chi connectivity index (χ0n) is 20.5. The number of unbranched alkanes of at least 4 members (excludes halogenated alkanes) is 1. The van der Waals surface area contributed by atoms with Crippen molar-refractivity contribution in [3.63, 3.8) is 0 Å². The second-order valence-electron chi connectivity index (χ2n) is 10.6. The van der Waals surface area contributed by atoms with Crippen LogP contribution >= 0.6 is 0 Å². The maximum Gasteiger partial charge on any atom is 0.173 e. The molecule has 0 aliphatic heterocycles. The van der Waals surface area contributed by atoms with Crippen LogP contribution in [-0.4, -0.2) is 54.9 Å². The summed E-state index contributed by atoms with van der Waals surface area (Å²) < 4.78 is 12.5. The molecule has 1 atom stereocenters. The van der Waals surface area contributed by atoms with E-state index in [0.717, 1.165) is 12.5 Å². The Bertz CT molecular complexity index is 504. The maximum atomic E-state index is 11.5. The van der Waals surface area contributed by atoms with E-state index in [1.807, 2.05) is 0 Å². The molecule has 0 aromatic carbocycles. The predicted molar refractivity (Wildman–Crippen MR) is 133 cm³/mol. The van der Waals surface area contributed by atoms with Crippen molar-refractivity contribution in [2.24, 2.45) is 0 Å². The number of allylic oxidation sites excluding steroid dienone is 1. The number of aliphatic hydroxyl groups excluding tert-OH is 1. The lowest BCUT2D eigenvalue weighted by Crippen LogP contribution is -2.49. The van der Waals surface area contributed by atoms with Crippen LogP contribution in [0.4, 0.5) is 0 Å². The van der Waals surface area contributed by atoms with Crippen LogP contribution in [0.1, 0.15) is 46.0 Å². The van der Waals surface area contributed by atoms with Crippen LogP contribution in [0.15, 0.2) is 12.2 Å². The molecular weight excluding hydrogens is 412 g/mol. The molecule has 0 fully saturated rings. The van der Waals surface area contributed by atoms with Crippen LogP contribution in [0.5, 0.6) is 0 Å². The molecule has 29 heavy (non-hydrogen) atoms. The van der Waals surface area contributed by atoms with Crippen molar-refractivity contribution < 1.29 is 18.8 Å². The van der Waals surface area contributed by atoms with Crippen molar-refractivity contribution in [3.8, 4) is 0 Å². The molecule has 0 radical (unpaired) electrons. The highest BCUT2D eigenvalue weighted by Crippen LogP contribution is 2.29. The molecule has 0 saturated carbocycles. The van der Waals surface area contributed by atoms with Crippen LogP contribution in [0.3, 0.4) is 0 Å². The fourth-order valence-corrected chi connectivity index (χ4v) is 23.7. The van der Waals surface area contributed by atoms with Gasteiger partial charge in [0, 0.05) is 21.1 Å². The summed E-state index contributed by atoms with van der Waals surface area (Å²) in [6.07, 6.45) is 3.81. The van der Waals surface area contributed by atoms with E-state index in [4.69, 9.17) is 8.85 Å². The molecule has 1 N–H and O–H groups in total. The Morgan fingerprint density at radius 3 is 2.21 bits per heavy atom. The third-order valence-corrected chi connectivity index (χ3v) is 20.1. The average Bonchev–Trinajstić information content (AvgIpc) is 2.55. The Hall–Kier alpha value is -0.0594. The SMILES string of the molecule is C=C(C)C(=O)CCC(O)COCCC[Si](C)(C)O[Si](C)(C)C[Si](C)(C)CCCC. The van der Waals surface area contributed by atoms with Crippen LogP contribution in [-0.2, 0) is 13.6 Å². The first-order chi connectivity index (χ1) is 13.2. The van der Waals surface area contributed by atoms with Gasteiger partial charge in [0.05, 0.1) is 12.7 Å². The van der Waals surface area contributed by atoms with Gasteiger partial charge in [-0.15, -0.1) is 0 Å². The molecule has 0 aromatic rings. The summed E-state index contributed by atoms with van der Waals surface area (Å²) >= 11 is 0. The molecule has 0 amide bonds. The van der Waals surface area contributed by atoms with Gasteiger partial charge in [0.25, 0.3) is 0 Å². The fraction of sp³-hybridized carbons (Fsp3) is 0.864. The summed E-state index contributed by atoms with van der Waals surface area (Å²) in [4.78, 5) is 11.5. The van der Waals surface area contributed by atoms with Gasteiger partial charge in [0.15, 0.2) is 22.4 Å². The number of carbonyl (C=O) groups is 1. The van der Waals surface area contributed by atoms with Crippen molar-refractivity contribution in [2.75, 3.05) is 13.2 Å². The van der Waals surface area contributed by atoms with E-state index in [1.54, 1.807) is 6.92 Å². The Morgan fingerprint density at radius 1 is 1.03 bits per heavy atom. The smallest absolute Gasteiger partial charge is 0.173 e. The largest absolute Gasteiger partial charge is 0.456 e. The number of Topliss-reactive ketones (excluding diaryl/α,β-unsaturated/α-hetero) is 1. The number of carbonyl (C=O) groups excluding carboxylic acids is 1. The first-order valence-corrected chi connectivity index (χ1v) is 21.0. The van der Waals surface area contributed by atoms with Crippen LogP contribution in [0.2, 0.25) is 57.0 Å². The normalized spacial score (nSPS) is 14.1. The molecule has 0 rings (SSSR count). The fourth-order valence-electron chi connectivity index (χ4n) is 4.15. The van der Waals surface area contributed by atoms with Gasteiger partial charge in [0.1, 0.15) is 0 Å². The van der Waals surface area contributed by atoms with Gasteiger partial charge >= 0.3 is 0 Å². The van der Waals surface area contributed by atoms with Crippen molar-refractivity contribution in [1.29, 1.82) is 0 Å². The third-order valence-electron chi connectivity index (χ3n) is 5.22. The summed E-state index contributed by atoms with van der Waals surface area (Å²) in [7, 11) is -4.50. The van der Waals surface area contributed by atoms with Crippen LogP contribution < -0.4 is 0 Å². The van der Waals surface area contributed by atoms with E-state index in [2.05, 4.69) is 52.8 Å². The zero-order chi connectivity index (χ0) is 22.7.